The molecule has 0 bridgehead atoms. The molecule has 4 atom stereocenters. The summed E-state index contributed by atoms with van der Waals surface area (Å²) in [4.78, 5) is 11.0. The predicted molar refractivity (Wildman–Crippen MR) is 78.3 cm³/mol. The van der Waals surface area contributed by atoms with Crippen LogP contribution >= 0.6 is 23.5 Å². The molecule has 2 saturated carbocycles. The van der Waals surface area contributed by atoms with Gasteiger partial charge in [0.05, 0.1) is 5.25 Å². The molecule has 21 heavy (non-hydrogen) atoms. The normalized spacial score (nSPS) is 38.7. The zero-order valence-electron chi connectivity index (χ0n) is 11.4. The van der Waals surface area contributed by atoms with Crippen LogP contribution < -0.4 is 0 Å². The molecule has 1 saturated heterocycles. The summed E-state index contributed by atoms with van der Waals surface area (Å²) in [6.07, 6.45) is 1.12. The van der Waals surface area contributed by atoms with Crippen LogP contribution in [-0.2, 0) is 9.53 Å². The Kier molecular flexibility index (Phi) is 4.01. The lowest BCUT2D eigenvalue weighted by Crippen LogP contribution is -2.45. The van der Waals surface area contributed by atoms with Crippen molar-refractivity contribution >= 4 is 29.5 Å². The molecule has 118 valence electrons. The van der Waals surface area contributed by atoms with Gasteiger partial charge < -0.3 is 4.74 Å². The summed E-state index contributed by atoms with van der Waals surface area (Å²) in [6.45, 7) is 2.85. The van der Waals surface area contributed by atoms with Crippen LogP contribution in [0.15, 0.2) is 12.2 Å². The number of alkyl halides is 3. The monoisotopic (exact) mass is 338 g/mol. The fraction of sp³-hybridized carbons (Fsp3) is 0.786. The van der Waals surface area contributed by atoms with E-state index in [0.717, 1.165) is 32.1 Å². The third kappa shape index (κ3) is 2.83. The summed E-state index contributed by atoms with van der Waals surface area (Å²) < 4.78 is 43.2. The Balaban J connectivity index is 1.76. The van der Waals surface area contributed by atoms with Crippen molar-refractivity contribution in [3.05, 3.63) is 12.2 Å². The van der Waals surface area contributed by atoms with Gasteiger partial charge in [0, 0.05) is 10.5 Å². The Labute approximate surface area is 130 Å². The van der Waals surface area contributed by atoms with E-state index in [2.05, 4.69) is 6.58 Å². The second-order valence-corrected chi connectivity index (χ2v) is 8.80. The summed E-state index contributed by atoms with van der Waals surface area (Å²) in [6, 6.07) is 0. The molecular formula is C14H17F3O2S2. The Hall–Kier alpha value is -0.300. The van der Waals surface area contributed by atoms with E-state index in [1.165, 1.54) is 0 Å². The van der Waals surface area contributed by atoms with Gasteiger partial charge in [0.25, 0.3) is 0 Å². The van der Waals surface area contributed by atoms with Crippen LogP contribution in [0.3, 0.4) is 0 Å². The minimum Gasteiger partial charge on any atom is -0.443 e. The molecule has 4 unspecified atom stereocenters. The number of halogens is 3. The van der Waals surface area contributed by atoms with Crippen molar-refractivity contribution < 1.29 is 22.7 Å². The Morgan fingerprint density at radius 1 is 1.19 bits per heavy atom. The number of rotatable bonds is 2. The number of hydrogen-bond donors (Lipinski definition) is 0. The van der Waals surface area contributed by atoms with Crippen molar-refractivity contribution in [2.24, 2.45) is 0 Å². The average molecular weight is 338 g/mol. The first-order chi connectivity index (χ1) is 9.82. The van der Waals surface area contributed by atoms with Crippen molar-refractivity contribution in [3.63, 3.8) is 0 Å². The number of carbonyl (C=O) groups excluding carboxylic acids is 1. The maximum Gasteiger partial charge on any atom is 0.422 e. The minimum absolute atomic E-state index is 0.117. The number of hydrogen-bond acceptors (Lipinski definition) is 4. The minimum atomic E-state index is -4.72. The molecule has 1 heterocycles. The van der Waals surface area contributed by atoms with Crippen molar-refractivity contribution in [2.45, 2.75) is 65.4 Å². The van der Waals surface area contributed by atoms with E-state index in [1.54, 1.807) is 11.8 Å². The van der Waals surface area contributed by atoms with Crippen LogP contribution in [0, 0.1) is 0 Å². The van der Waals surface area contributed by atoms with Gasteiger partial charge in [0.2, 0.25) is 0 Å². The largest absolute Gasteiger partial charge is 0.443 e. The fourth-order valence-corrected chi connectivity index (χ4v) is 7.49. The van der Waals surface area contributed by atoms with E-state index in [9.17, 15) is 18.0 Å². The first-order valence-electron chi connectivity index (χ1n) is 7.14. The molecule has 7 heteroatoms. The average Bonchev–Trinajstić information content (AvgIpc) is 2.98. The van der Waals surface area contributed by atoms with Crippen LogP contribution in [0.4, 0.5) is 13.2 Å². The molecule has 0 aromatic carbocycles. The fourth-order valence-electron chi connectivity index (χ4n) is 3.35. The van der Waals surface area contributed by atoms with E-state index in [4.69, 9.17) is 4.74 Å². The molecule has 0 amide bonds. The van der Waals surface area contributed by atoms with E-state index in [0.29, 0.717) is 16.9 Å². The van der Waals surface area contributed by atoms with E-state index < -0.39 is 22.7 Å². The highest BCUT2D eigenvalue weighted by atomic mass is 32.2. The van der Waals surface area contributed by atoms with Crippen LogP contribution in [0.5, 0.6) is 0 Å². The summed E-state index contributed by atoms with van der Waals surface area (Å²) in [5.74, 6) is -1.31. The summed E-state index contributed by atoms with van der Waals surface area (Å²) in [5.41, 5.74) is -1.40. The van der Waals surface area contributed by atoms with Crippen LogP contribution in [0.1, 0.15) is 38.5 Å². The zero-order chi connectivity index (χ0) is 15.3. The SMILES string of the molecule is C=C(C(=O)OC12CCCC1SC1CCCC1S2)C(F)(F)F. The van der Waals surface area contributed by atoms with E-state index in [1.807, 2.05) is 11.8 Å². The smallest absolute Gasteiger partial charge is 0.422 e. The summed E-state index contributed by atoms with van der Waals surface area (Å²) in [5, 5.41) is 1.08. The highest BCUT2D eigenvalue weighted by Crippen LogP contribution is 2.60. The molecule has 3 rings (SSSR count). The third-order valence-corrected chi connectivity index (χ3v) is 8.44. The quantitative estimate of drug-likeness (QED) is 0.554. The highest BCUT2D eigenvalue weighted by Gasteiger charge is 2.56. The summed E-state index contributed by atoms with van der Waals surface area (Å²) >= 11 is 3.43. The van der Waals surface area contributed by atoms with Crippen molar-refractivity contribution in [3.8, 4) is 0 Å². The van der Waals surface area contributed by atoms with Gasteiger partial charge in [-0.15, -0.1) is 23.5 Å². The van der Waals surface area contributed by atoms with Gasteiger partial charge in [-0.05, 0) is 32.1 Å². The number of esters is 1. The second-order valence-electron chi connectivity index (χ2n) is 5.82. The summed E-state index contributed by atoms with van der Waals surface area (Å²) in [7, 11) is 0. The van der Waals surface area contributed by atoms with Crippen molar-refractivity contribution in [1.82, 2.24) is 0 Å². The molecule has 0 radical (unpaired) electrons. The topological polar surface area (TPSA) is 26.3 Å². The third-order valence-electron chi connectivity index (χ3n) is 4.42. The lowest BCUT2D eigenvalue weighted by molar-refractivity contribution is -0.157. The molecule has 3 aliphatic rings. The van der Waals surface area contributed by atoms with E-state index >= 15 is 0 Å². The van der Waals surface area contributed by atoms with Crippen molar-refractivity contribution in [1.29, 1.82) is 0 Å². The van der Waals surface area contributed by atoms with Gasteiger partial charge in [-0.2, -0.15) is 13.2 Å². The molecule has 1 aliphatic heterocycles. The standard InChI is InChI=1S/C14H17F3O2S2/c1-8(14(15,16)17)12(18)19-13-7-3-6-11(13)20-9-4-2-5-10(9)21-13/h9-11H,1-7H2. The molecule has 2 nitrogen and oxygen atoms in total. The lowest BCUT2D eigenvalue weighted by Gasteiger charge is -2.43. The second kappa shape index (κ2) is 5.41. The predicted octanol–water partition coefficient (Wildman–Crippen LogP) is 4.30. The number of ether oxygens (including phenoxy) is 1. The Morgan fingerprint density at radius 3 is 2.62 bits per heavy atom. The molecule has 0 spiro atoms. The van der Waals surface area contributed by atoms with Crippen LogP contribution in [0.25, 0.3) is 0 Å². The molecule has 0 aromatic heterocycles. The van der Waals surface area contributed by atoms with Gasteiger partial charge in [-0.25, -0.2) is 4.79 Å². The van der Waals surface area contributed by atoms with Gasteiger partial charge in [-0.1, -0.05) is 13.0 Å². The number of thioether (sulfide) groups is 2. The molecule has 0 aromatic rings. The van der Waals surface area contributed by atoms with Gasteiger partial charge in [0.15, 0.2) is 4.93 Å². The Bertz CT molecular complexity index is 466. The first-order valence-corrected chi connectivity index (χ1v) is 8.97. The number of carbonyl (C=O) groups is 1. The molecular weight excluding hydrogens is 321 g/mol. The van der Waals surface area contributed by atoms with Crippen molar-refractivity contribution in [2.75, 3.05) is 0 Å². The van der Waals surface area contributed by atoms with Crippen LogP contribution in [0.2, 0.25) is 0 Å². The van der Waals surface area contributed by atoms with Gasteiger partial charge >= 0.3 is 12.1 Å². The molecule has 2 aliphatic carbocycles. The maximum absolute atomic E-state index is 12.6. The Morgan fingerprint density at radius 2 is 1.90 bits per heavy atom. The zero-order valence-corrected chi connectivity index (χ0v) is 13.1. The first kappa shape index (κ1) is 15.6. The maximum atomic E-state index is 12.6. The molecule has 3 fully saturated rings. The van der Waals surface area contributed by atoms with Gasteiger partial charge in [0.1, 0.15) is 5.57 Å². The lowest BCUT2D eigenvalue weighted by atomic mass is 10.2. The van der Waals surface area contributed by atoms with E-state index in [-0.39, 0.29) is 5.25 Å². The van der Waals surface area contributed by atoms with Gasteiger partial charge in [-0.3, -0.25) is 0 Å². The highest BCUT2D eigenvalue weighted by molar-refractivity contribution is 8.08. The molecule has 0 N–H and O–H groups in total. The van der Waals surface area contributed by atoms with Crippen LogP contribution in [-0.4, -0.2) is 32.8 Å². The number of fused-ring (bicyclic) bond motifs is 2.